The first-order chi connectivity index (χ1) is 10.0. The van der Waals surface area contributed by atoms with Crippen LogP contribution in [0.15, 0.2) is 60.7 Å². The van der Waals surface area contributed by atoms with Crippen LogP contribution in [0.5, 0.6) is 0 Å². The van der Waals surface area contributed by atoms with Gasteiger partial charge in [-0.2, -0.15) is 0 Å². The van der Waals surface area contributed by atoms with Crippen LogP contribution in [0.4, 0.5) is 0 Å². The quantitative estimate of drug-likeness (QED) is 0.732. The Labute approximate surface area is 120 Å². The topological polar surface area (TPSA) is 112 Å². The molecule has 3 N–H and O–H groups in total. The normalized spacial score (nSPS) is 8.19. The van der Waals surface area contributed by atoms with Gasteiger partial charge in [0.05, 0.1) is 11.1 Å². The molecule has 0 saturated heterocycles. The van der Waals surface area contributed by atoms with E-state index in [4.69, 9.17) is 20.1 Å². The third kappa shape index (κ3) is 7.78. The Morgan fingerprint density at radius 3 is 1.14 bits per heavy atom. The van der Waals surface area contributed by atoms with Gasteiger partial charge in [0.1, 0.15) is 0 Å². The highest BCUT2D eigenvalue weighted by Crippen LogP contribution is 2.07. The number of carboxylic acid groups (broad SMARTS) is 3. The van der Waals surface area contributed by atoms with Crippen molar-refractivity contribution in [2.75, 3.05) is 0 Å². The molecule has 0 amide bonds. The van der Waals surface area contributed by atoms with E-state index < -0.39 is 11.9 Å². The molecule has 0 bridgehead atoms. The molecule has 0 aliphatic rings. The summed E-state index contributed by atoms with van der Waals surface area (Å²) in [7, 11) is 0. The molecule has 0 fully saturated rings. The van der Waals surface area contributed by atoms with Crippen LogP contribution in [-0.4, -0.2) is 33.7 Å². The van der Waals surface area contributed by atoms with Crippen molar-refractivity contribution in [3.05, 3.63) is 71.8 Å². The molecule has 0 unspecified atom stereocenters. The molecule has 0 spiro atoms. The van der Waals surface area contributed by atoms with Gasteiger partial charge in [0.2, 0.25) is 0 Å². The van der Waals surface area contributed by atoms with Gasteiger partial charge < -0.3 is 15.3 Å². The maximum absolute atomic E-state index is 10.5. The molecule has 21 heavy (non-hydrogen) atoms. The number of carbonyl (C=O) groups is 3. The maximum atomic E-state index is 10.5. The number of hydrogen-bond donors (Lipinski definition) is 3. The second-order valence-corrected chi connectivity index (χ2v) is 3.42. The van der Waals surface area contributed by atoms with Crippen molar-refractivity contribution in [3.8, 4) is 0 Å². The fraction of sp³-hybridized carbons (Fsp3) is 0. The minimum Gasteiger partial charge on any atom is -0.483 e. The Morgan fingerprint density at radius 2 is 0.952 bits per heavy atom. The molecule has 6 nitrogen and oxygen atoms in total. The average molecular weight is 290 g/mol. The van der Waals surface area contributed by atoms with Gasteiger partial charge in [-0.05, 0) is 12.1 Å². The lowest BCUT2D eigenvalue weighted by Gasteiger charge is -1.98. The van der Waals surface area contributed by atoms with Crippen LogP contribution < -0.4 is 0 Å². The molecule has 110 valence electrons. The lowest BCUT2D eigenvalue weighted by atomic mass is 10.1. The van der Waals surface area contributed by atoms with E-state index in [-0.39, 0.29) is 17.6 Å². The molecule has 0 radical (unpaired) electrons. The summed E-state index contributed by atoms with van der Waals surface area (Å²) in [5.41, 5.74) is -0.380. The molecular formula is C15H14O6. The summed E-state index contributed by atoms with van der Waals surface area (Å²) < 4.78 is 0. The van der Waals surface area contributed by atoms with Crippen molar-refractivity contribution < 1.29 is 29.7 Å². The van der Waals surface area contributed by atoms with E-state index in [1.807, 2.05) is 36.4 Å². The Bertz CT molecular complexity index is 506. The first-order valence-electron chi connectivity index (χ1n) is 5.68. The molecular weight excluding hydrogens is 276 g/mol. The largest absolute Gasteiger partial charge is 0.483 e. The lowest BCUT2D eigenvalue weighted by Crippen LogP contribution is -2.06. The second-order valence-electron chi connectivity index (χ2n) is 3.42. The van der Waals surface area contributed by atoms with Gasteiger partial charge in [-0.25, -0.2) is 9.59 Å². The van der Waals surface area contributed by atoms with Gasteiger partial charge in [0, 0.05) is 0 Å². The predicted molar refractivity (Wildman–Crippen MR) is 75.5 cm³/mol. The number of rotatable bonds is 2. The zero-order valence-electron chi connectivity index (χ0n) is 10.9. The van der Waals surface area contributed by atoms with Crippen LogP contribution in [0.25, 0.3) is 0 Å². The Kier molecular flexibility index (Phi) is 9.13. The number of aromatic carboxylic acids is 2. The minimum atomic E-state index is -1.23. The minimum absolute atomic E-state index is 0.190. The molecule has 0 aromatic heterocycles. The molecule has 2 aromatic rings. The van der Waals surface area contributed by atoms with Gasteiger partial charge >= 0.3 is 11.9 Å². The molecule has 2 aromatic carbocycles. The fourth-order valence-corrected chi connectivity index (χ4v) is 1.24. The van der Waals surface area contributed by atoms with Crippen LogP contribution in [-0.2, 0) is 4.79 Å². The summed E-state index contributed by atoms with van der Waals surface area (Å²) in [4.78, 5) is 29.3. The molecule has 0 aliphatic heterocycles. The molecule has 0 atom stereocenters. The highest BCUT2D eigenvalue weighted by molar-refractivity contribution is 6.01. The van der Waals surface area contributed by atoms with Crippen molar-refractivity contribution >= 4 is 18.4 Å². The van der Waals surface area contributed by atoms with Gasteiger partial charge in [-0.15, -0.1) is 0 Å². The van der Waals surface area contributed by atoms with Crippen LogP contribution >= 0.6 is 0 Å². The predicted octanol–water partition coefficient (Wildman–Crippen LogP) is 2.47. The molecule has 0 saturated carbocycles. The van der Waals surface area contributed by atoms with Gasteiger partial charge in [-0.3, -0.25) is 4.79 Å². The van der Waals surface area contributed by atoms with Crippen LogP contribution in [0.2, 0.25) is 0 Å². The number of carboxylic acids is 2. The summed E-state index contributed by atoms with van der Waals surface area (Å²) >= 11 is 0. The van der Waals surface area contributed by atoms with Crippen LogP contribution in [0.1, 0.15) is 20.7 Å². The Balaban J connectivity index is 0.000000369. The third-order valence-electron chi connectivity index (χ3n) is 2.05. The van der Waals surface area contributed by atoms with Gasteiger partial charge in [0.15, 0.2) is 0 Å². The van der Waals surface area contributed by atoms with E-state index in [0.29, 0.717) is 0 Å². The number of hydrogen-bond acceptors (Lipinski definition) is 3. The second kappa shape index (κ2) is 10.7. The Morgan fingerprint density at radius 1 is 0.714 bits per heavy atom. The van der Waals surface area contributed by atoms with E-state index >= 15 is 0 Å². The molecule has 2 rings (SSSR count). The molecule has 6 heteroatoms. The van der Waals surface area contributed by atoms with Crippen molar-refractivity contribution in [3.63, 3.8) is 0 Å². The van der Waals surface area contributed by atoms with E-state index in [1.54, 1.807) is 0 Å². The number of benzene rings is 2. The van der Waals surface area contributed by atoms with E-state index in [0.717, 1.165) is 0 Å². The summed E-state index contributed by atoms with van der Waals surface area (Å²) in [5, 5.41) is 24.0. The van der Waals surface area contributed by atoms with Crippen molar-refractivity contribution in [1.29, 1.82) is 0 Å². The lowest BCUT2D eigenvalue weighted by molar-refractivity contribution is -0.122. The molecule has 0 heterocycles. The van der Waals surface area contributed by atoms with Crippen LogP contribution in [0, 0.1) is 0 Å². The van der Waals surface area contributed by atoms with Gasteiger partial charge in [-0.1, -0.05) is 48.5 Å². The summed E-state index contributed by atoms with van der Waals surface area (Å²) in [6, 6.07) is 17.5. The third-order valence-corrected chi connectivity index (χ3v) is 2.05. The van der Waals surface area contributed by atoms with Gasteiger partial charge in [0.25, 0.3) is 6.47 Å². The van der Waals surface area contributed by atoms with Crippen molar-refractivity contribution in [1.82, 2.24) is 0 Å². The van der Waals surface area contributed by atoms with Crippen LogP contribution in [0.3, 0.4) is 0 Å². The highest BCUT2D eigenvalue weighted by atomic mass is 16.4. The fourth-order valence-electron chi connectivity index (χ4n) is 1.24. The average Bonchev–Trinajstić information content (AvgIpc) is 2.50. The standard InChI is InChI=1S/C8H6O4.C6H6.CH2O2/c9-7(10)5-3-1-2-4-6(5)8(11)12;1-2-4-6-5-3-1;2-1-3/h1-4H,(H,9,10)(H,11,12);1-6H;1H,(H,2,3). The smallest absolute Gasteiger partial charge is 0.336 e. The van der Waals surface area contributed by atoms with E-state index in [2.05, 4.69) is 0 Å². The summed E-state index contributed by atoms with van der Waals surface area (Å²) in [5.74, 6) is -2.46. The first kappa shape index (κ1) is 17.8. The monoisotopic (exact) mass is 290 g/mol. The van der Waals surface area contributed by atoms with Crippen molar-refractivity contribution in [2.45, 2.75) is 0 Å². The molecule has 0 aliphatic carbocycles. The van der Waals surface area contributed by atoms with E-state index in [1.165, 1.54) is 24.3 Å². The van der Waals surface area contributed by atoms with E-state index in [9.17, 15) is 9.59 Å². The summed E-state index contributed by atoms with van der Waals surface area (Å²) in [6.45, 7) is -0.250. The maximum Gasteiger partial charge on any atom is 0.336 e. The zero-order valence-corrected chi connectivity index (χ0v) is 10.9. The van der Waals surface area contributed by atoms with Crippen molar-refractivity contribution in [2.24, 2.45) is 0 Å². The Hall–Kier alpha value is -3.15. The highest BCUT2D eigenvalue weighted by Gasteiger charge is 2.13. The SMILES string of the molecule is O=C(O)c1ccccc1C(=O)O.O=CO.c1ccccc1. The first-order valence-corrected chi connectivity index (χ1v) is 5.68. The summed E-state index contributed by atoms with van der Waals surface area (Å²) in [6.07, 6.45) is 0. The zero-order chi connectivity index (χ0) is 16.1.